The molecule has 1 amide bonds. The molecule has 0 saturated carbocycles. The number of aryl methyl sites for hydroxylation is 2. The van der Waals surface area contributed by atoms with Gasteiger partial charge in [-0.2, -0.15) is 4.37 Å². The van der Waals surface area contributed by atoms with E-state index in [1.165, 1.54) is 11.5 Å². The van der Waals surface area contributed by atoms with Gasteiger partial charge in [0.15, 0.2) is 6.61 Å². The maximum atomic E-state index is 12.1. The molecule has 0 spiro atoms. The van der Waals surface area contributed by atoms with Crippen molar-refractivity contribution in [3.63, 3.8) is 0 Å². The van der Waals surface area contributed by atoms with E-state index >= 15 is 0 Å². The number of nitrogens with one attached hydrogen (secondary N) is 2. The molecule has 23 heavy (non-hydrogen) atoms. The molecule has 1 aromatic heterocycles. The first-order chi connectivity index (χ1) is 10.9. The molecule has 0 aliphatic rings. The summed E-state index contributed by atoms with van der Waals surface area (Å²) >= 11 is 4.55. The van der Waals surface area contributed by atoms with Crippen LogP contribution < -0.4 is 10.6 Å². The maximum absolute atomic E-state index is 12.1. The zero-order valence-electron chi connectivity index (χ0n) is 12.9. The average Bonchev–Trinajstić information content (AvgIpc) is 2.88. The lowest BCUT2D eigenvalue weighted by atomic mass is 10.2. The Labute approximate surface area is 146 Å². The van der Waals surface area contributed by atoms with Crippen molar-refractivity contribution in [2.75, 3.05) is 24.3 Å². The number of halogens is 1. The number of nitrogens with zero attached hydrogens (tertiary/aromatic N) is 1. The molecular weight excluding hydrogens is 382 g/mol. The van der Waals surface area contributed by atoms with Gasteiger partial charge in [-0.05, 0) is 59.0 Å². The average molecular weight is 398 g/mol. The largest absolute Gasteiger partial charge is 0.452 e. The molecule has 1 aromatic carbocycles. The van der Waals surface area contributed by atoms with Crippen LogP contribution in [-0.4, -0.2) is 29.9 Å². The smallest absolute Gasteiger partial charge is 0.343 e. The third-order valence-electron chi connectivity index (χ3n) is 3.03. The van der Waals surface area contributed by atoms with Gasteiger partial charge >= 0.3 is 5.97 Å². The Balaban J connectivity index is 1.96. The third-order valence-corrected chi connectivity index (χ3v) is 4.64. The van der Waals surface area contributed by atoms with E-state index in [-0.39, 0.29) is 6.61 Å². The minimum Gasteiger partial charge on any atom is -0.452 e. The van der Waals surface area contributed by atoms with E-state index in [2.05, 4.69) is 30.9 Å². The van der Waals surface area contributed by atoms with Gasteiger partial charge in [-0.3, -0.25) is 4.79 Å². The van der Waals surface area contributed by atoms with Crippen LogP contribution in [0.15, 0.2) is 22.7 Å². The Hall–Kier alpha value is -1.93. The topological polar surface area (TPSA) is 80.3 Å². The van der Waals surface area contributed by atoms with Crippen molar-refractivity contribution in [1.82, 2.24) is 4.37 Å². The molecule has 0 fully saturated rings. The van der Waals surface area contributed by atoms with Crippen molar-refractivity contribution in [2.24, 2.45) is 0 Å². The van der Waals surface area contributed by atoms with Gasteiger partial charge in [0.25, 0.3) is 5.91 Å². The number of carbonyl (C=O) groups excluding carboxylic acids is 2. The molecule has 122 valence electrons. The number of carbonyl (C=O) groups is 2. The van der Waals surface area contributed by atoms with Crippen LogP contribution in [0.1, 0.15) is 21.6 Å². The number of ether oxygens (including phenoxy) is 1. The van der Waals surface area contributed by atoms with Gasteiger partial charge in [0, 0.05) is 11.5 Å². The normalized spacial score (nSPS) is 10.3. The van der Waals surface area contributed by atoms with Crippen LogP contribution in [0, 0.1) is 13.8 Å². The molecule has 2 aromatic rings. The van der Waals surface area contributed by atoms with Crippen LogP contribution in [0.5, 0.6) is 0 Å². The maximum Gasteiger partial charge on any atom is 0.343 e. The Morgan fingerprint density at radius 3 is 2.74 bits per heavy atom. The molecule has 8 heteroatoms. The van der Waals surface area contributed by atoms with E-state index in [1.807, 2.05) is 19.1 Å². The molecule has 0 saturated heterocycles. The minimum atomic E-state index is -0.571. The number of anilines is 2. The van der Waals surface area contributed by atoms with Gasteiger partial charge in [0.05, 0.1) is 11.4 Å². The zero-order valence-corrected chi connectivity index (χ0v) is 15.3. The number of benzene rings is 1. The van der Waals surface area contributed by atoms with E-state index in [1.54, 1.807) is 20.0 Å². The van der Waals surface area contributed by atoms with Crippen molar-refractivity contribution in [2.45, 2.75) is 13.8 Å². The Morgan fingerprint density at radius 2 is 2.09 bits per heavy atom. The van der Waals surface area contributed by atoms with Crippen molar-refractivity contribution in [1.29, 1.82) is 0 Å². The lowest BCUT2D eigenvalue weighted by Gasteiger charge is -2.09. The van der Waals surface area contributed by atoms with Crippen LogP contribution in [-0.2, 0) is 9.53 Å². The summed E-state index contributed by atoms with van der Waals surface area (Å²) in [7, 11) is 1.70. The number of esters is 1. The zero-order chi connectivity index (χ0) is 17.0. The van der Waals surface area contributed by atoms with E-state index < -0.39 is 11.9 Å². The lowest BCUT2D eigenvalue weighted by molar-refractivity contribution is -0.119. The SMILES string of the molecule is CNc1snc(C)c1C(=O)OCC(=O)Nc1ccc(C)cc1Br. The second-order valence-electron chi connectivity index (χ2n) is 4.83. The van der Waals surface area contributed by atoms with Crippen molar-refractivity contribution < 1.29 is 14.3 Å². The predicted octanol–water partition coefficient (Wildman–Crippen LogP) is 3.36. The molecule has 0 aliphatic carbocycles. The highest BCUT2D eigenvalue weighted by molar-refractivity contribution is 9.10. The Bertz CT molecular complexity index is 746. The first-order valence-electron chi connectivity index (χ1n) is 6.79. The Morgan fingerprint density at radius 1 is 1.35 bits per heavy atom. The summed E-state index contributed by atoms with van der Waals surface area (Å²) in [4.78, 5) is 24.0. The van der Waals surface area contributed by atoms with Gasteiger partial charge in [-0.25, -0.2) is 4.79 Å². The number of hydrogen-bond acceptors (Lipinski definition) is 6. The fraction of sp³-hybridized carbons (Fsp3) is 0.267. The summed E-state index contributed by atoms with van der Waals surface area (Å²) in [6.45, 7) is 3.31. The highest BCUT2D eigenvalue weighted by Gasteiger charge is 2.20. The molecule has 0 radical (unpaired) electrons. The fourth-order valence-electron chi connectivity index (χ4n) is 1.89. The molecule has 0 unspecified atom stereocenters. The van der Waals surface area contributed by atoms with E-state index in [0.717, 1.165) is 10.0 Å². The Kier molecular flexibility index (Phi) is 5.73. The number of amides is 1. The van der Waals surface area contributed by atoms with Crippen LogP contribution in [0.3, 0.4) is 0 Å². The molecule has 2 rings (SSSR count). The molecular formula is C15H16BrN3O3S. The van der Waals surface area contributed by atoms with Crippen LogP contribution in [0.4, 0.5) is 10.7 Å². The number of aromatic nitrogens is 1. The predicted molar refractivity (Wildman–Crippen MR) is 94.2 cm³/mol. The van der Waals surface area contributed by atoms with Gasteiger partial charge in [-0.15, -0.1) is 0 Å². The highest BCUT2D eigenvalue weighted by atomic mass is 79.9. The number of hydrogen-bond donors (Lipinski definition) is 2. The van der Waals surface area contributed by atoms with Gasteiger partial charge in [-0.1, -0.05) is 6.07 Å². The van der Waals surface area contributed by atoms with Gasteiger partial charge in [0.1, 0.15) is 10.6 Å². The van der Waals surface area contributed by atoms with Crippen LogP contribution in [0.25, 0.3) is 0 Å². The first-order valence-corrected chi connectivity index (χ1v) is 8.36. The third kappa shape index (κ3) is 4.29. The first kappa shape index (κ1) is 17.4. The minimum absolute atomic E-state index is 0.363. The molecule has 0 atom stereocenters. The van der Waals surface area contributed by atoms with Crippen molar-refractivity contribution >= 4 is 50.0 Å². The summed E-state index contributed by atoms with van der Waals surface area (Å²) < 4.78 is 9.93. The lowest BCUT2D eigenvalue weighted by Crippen LogP contribution is -2.21. The highest BCUT2D eigenvalue weighted by Crippen LogP contribution is 2.25. The van der Waals surface area contributed by atoms with Gasteiger partial charge in [0.2, 0.25) is 0 Å². The molecule has 0 bridgehead atoms. The molecule has 2 N–H and O–H groups in total. The van der Waals surface area contributed by atoms with Crippen LogP contribution in [0.2, 0.25) is 0 Å². The van der Waals surface area contributed by atoms with E-state index in [4.69, 9.17) is 4.74 Å². The molecule has 0 aliphatic heterocycles. The monoisotopic (exact) mass is 397 g/mol. The second kappa shape index (κ2) is 7.56. The summed E-state index contributed by atoms with van der Waals surface area (Å²) in [5.41, 5.74) is 2.63. The molecule has 1 heterocycles. The van der Waals surface area contributed by atoms with Crippen LogP contribution >= 0.6 is 27.5 Å². The van der Waals surface area contributed by atoms with E-state index in [9.17, 15) is 9.59 Å². The number of rotatable bonds is 5. The molecule has 6 nitrogen and oxygen atoms in total. The van der Waals surface area contributed by atoms with Crippen molar-refractivity contribution in [3.8, 4) is 0 Å². The fourth-order valence-corrected chi connectivity index (χ4v) is 3.22. The summed E-state index contributed by atoms with van der Waals surface area (Å²) in [5.74, 6) is -0.978. The van der Waals surface area contributed by atoms with Crippen molar-refractivity contribution in [3.05, 3.63) is 39.5 Å². The summed E-state index contributed by atoms with van der Waals surface area (Å²) in [5, 5.41) is 6.20. The standard InChI is InChI=1S/C15H16BrN3O3S/c1-8-4-5-11(10(16)6-8)18-12(20)7-22-15(21)13-9(2)19-23-14(13)17-3/h4-6,17H,7H2,1-3H3,(H,18,20). The summed E-state index contributed by atoms with van der Waals surface area (Å²) in [6.07, 6.45) is 0. The second-order valence-corrected chi connectivity index (χ2v) is 6.46. The van der Waals surface area contributed by atoms with Gasteiger partial charge < -0.3 is 15.4 Å². The van der Waals surface area contributed by atoms with E-state index in [0.29, 0.717) is 21.9 Å². The quantitative estimate of drug-likeness (QED) is 0.755. The summed E-state index contributed by atoms with van der Waals surface area (Å²) in [6, 6.07) is 5.55.